The Balaban J connectivity index is 1.66. The molecule has 1 unspecified atom stereocenters. The molecular weight excluding hydrogens is 398 g/mol. The van der Waals surface area contributed by atoms with E-state index in [1.807, 2.05) is 6.92 Å². The maximum Gasteiger partial charge on any atom is 0.242 e. The Morgan fingerprint density at radius 1 is 1.25 bits per heavy atom. The van der Waals surface area contributed by atoms with E-state index in [0.29, 0.717) is 13.1 Å². The van der Waals surface area contributed by atoms with Gasteiger partial charge in [0.2, 0.25) is 10.0 Å². The fraction of sp³-hybridized carbons (Fsp3) is 0.611. The van der Waals surface area contributed by atoms with Crippen LogP contribution < -0.4 is 9.62 Å². The van der Waals surface area contributed by atoms with Gasteiger partial charge >= 0.3 is 0 Å². The maximum atomic E-state index is 12.9. The van der Waals surface area contributed by atoms with E-state index in [0.717, 1.165) is 37.0 Å². The van der Waals surface area contributed by atoms with Gasteiger partial charge in [-0.2, -0.15) is 0 Å². The van der Waals surface area contributed by atoms with E-state index >= 15 is 0 Å². The molecule has 154 valence electrons. The van der Waals surface area contributed by atoms with Gasteiger partial charge in [-0.1, -0.05) is 0 Å². The minimum Gasteiger partial charge on any atom is -0.368 e. The third-order valence-corrected chi connectivity index (χ3v) is 9.94. The molecule has 1 atom stereocenters. The molecule has 2 aliphatic rings. The van der Waals surface area contributed by atoms with Crippen LogP contribution in [0, 0.1) is 0 Å². The second kappa shape index (κ2) is 6.70. The Bertz CT molecular complexity index is 1120. The number of anilines is 1. The van der Waals surface area contributed by atoms with Crippen LogP contribution in [0.5, 0.6) is 0 Å². The van der Waals surface area contributed by atoms with Gasteiger partial charge in [0.05, 0.1) is 5.69 Å². The quantitative estimate of drug-likeness (QED) is 0.789. The number of hydrogen-bond donors (Lipinski definition) is 1. The average molecular weight is 426 g/mol. The predicted molar refractivity (Wildman–Crippen MR) is 111 cm³/mol. The highest BCUT2D eigenvalue weighted by Crippen LogP contribution is 2.36. The normalized spacial score (nSPS) is 22.2. The molecule has 1 N–H and O–H groups in total. The van der Waals surface area contributed by atoms with Crippen molar-refractivity contribution in [2.75, 3.05) is 31.3 Å². The second-order valence-corrected chi connectivity index (χ2v) is 12.6. The van der Waals surface area contributed by atoms with Crippen molar-refractivity contribution in [1.29, 1.82) is 0 Å². The summed E-state index contributed by atoms with van der Waals surface area (Å²) in [4.78, 5) is 6.80. The van der Waals surface area contributed by atoms with Crippen LogP contribution in [0.1, 0.15) is 32.6 Å². The largest absolute Gasteiger partial charge is 0.368 e. The Kier molecular flexibility index (Phi) is 4.71. The van der Waals surface area contributed by atoms with Crippen LogP contribution in [0.3, 0.4) is 0 Å². The van der Waals surface area contributed by atoms with Gasteiger partial charge in [0.15, 0.2) is 5.65 Å². The summed E-state index contributed by atoms with van der Waals surface area (Å²) in [6.07, 6.45) is 10.0. The molecule has 10 heteroatoms. The summed E-state index contributed by atoms with van der Waals surface area (Å²) < 4.78 is 47.0. The van der Waals surface area contributed by atoms with E-state index in [4.69, 9.17) is 0 Å². The van der Waals surface area contributed by atoms with Crippen LogP contribution >= 0.6 is 0 Å². The summed E-state index contributed by atoms with van der Waals surface area (Å²) >= 11 is 0. The Morgan fingerprint density at radius 2 is 1.93 bits per heavy atom. The zero-order chi connectivity index (χ0) is 20.2. The van der Waals surface area contributed by atoms with Crippen LogP contribution in [0.25, 0.3) is 5.65 Å². The van der Waals surface area contributed by atoms with Gasteiger partial charge in [0.25, 0.3) is 0 Å². The topological polar surface area (TPSA) is 96.1 Å². The van der Waals surface area contributed by atoms with Gasteiger partial charge in [-0.25, -0.2) is 26.7 Å². The van der Waals surface area contributed by atoms with Crippen molar-refractivity contribution in [2.45, 2.75) is 48.3 Å². The fourth-order valence-corrected chi connectivity index (χ4v) is 6.60. The van der Waals surface area contributed by atoms with Gasteiger partial charge in [-0.3, -0.25) is 0 Å². The molecule has 8 nitrogen and oxygen atoms in total. The lowest BCUT2D eigenvalue weighted by Gasteiger charge is -2.34. The predicted octanol–water partition coefficient (Wildman–Crippen LogP) is 1.86. The summed E-state index contributed by atoms with van der Waals surface area (Å²) in [6.45, 7) is 3.32. The van der Waals surface area contributed by atoms with Crippen molar-refractivity contribution >= 4 is 31.1 Å². The van der Waals surface area contributed by atoms with Crippen molar-refractivity contribution in [3.05, 3.63) is 24.7 Å². The molecule has 1 saturated carbocycles. The highest BCUT2D eigenvalue weighted by atomic mass is 32.2. The van der Waals surface area contributed by atoms with Crippen LogP contribution in [0.15, 0.2) is 33.9 Å². The van der Waals surface area contributed by atoms with Crippen LogP contribution in [0.4, 0.5) is 5.69 Å². The molecule has 1 saturated heterocycles. The molecule has 0 radical (unpaired) electrons. The number of piperidine rings is 1. The molecule has 1 aliphatic heterocycles. The molecule has 0 aromatic carbocycles. The van der Waals surface area contributed by atoms with Crippen molar-refractivity contribution in [3.8, 4) is 0 Å². The van der Waals surface area contributed by atoms with E-state index in [9.17, 15) is 12.6 Å². The average Bonchev–Trinajstić information content (AvgIpc) is 3.18. The summed E-state index contributed by atoms with van der Waals surface area (Å²) in [5.74, 6) is 0. The first-order chi connectivity index (χ1) is 13.1. The number of sulfonamides is 1. The van der Waals surface area contributed by atoms with Crippen molar-refractivity contribution in [2.24, 2.45) is 4.36 Å². The van der Waals surface area contributed by atoms with E-state index in [2.05, 4.69) is 19.0 Å². The number of aromatic nitrogens is 2. The minimum absolute atomic E-state index is 0.0629. The van der Waals surface area contributed by atoms with Gasteiger partial charge < -0.3 is 9.30 Å². The lowest BCUT2D eigenvalue weighted by Crippen LogP contribution is -2.39. The van der Waals surface area contributed by atoms with E-state index in [1.54, 1.807) is 42.4 Å². The smallest absolute Gasteiger partial charge is 0.242 e. The monoisotopic (exact) mass is 425 g/mol. The van der Waals surface area contributed by atoms with Gasteiger partial charge in [-0.05, 0) is 38.7 Å². The molecule has 2 fully saturated rings. The number of fused-ring (bicyclic) bond motifs is 1. The molecule has 0 amide bonds. The molecule has 28 heavy (non-hydrogen) atoms. The summed E-state index contributed by atoms with van der Waals surface area (Å²) in [6, 6.07) is 1.71. The molecule has 0 bridgehead atoms. The minimum atomic E-state index is -3.61. The lowest BCUT2D eigenvalue weighted by atomic mass is 10.1. The van der Waals surface area contributed by atoms with Crippen molar-refractivity contribution in [1.82, 2.24) is 14.1 Å². The SMILES string of the molecule is CN=S(C)(=O)C1CCN(c2cc(S(=O)(=O)NC3(C)CC3)cn3ccnc23)CC1. The van der Waals surface area contributed by atoms with E-state index in [-0.39, 0.29) is 15.7 Å². The molecule has 4 rings (SSSR count). The maximum absolute atomic E-state index is 12.9. The third kappa shape index (κ3) is 3.65. The molecular formula is C18H27N5O3S2. The third-order valence-electron chi connectivity index (χ3n) is 5.90. The van der Waals surface area contributed by atoms with Gasteiger partial charge in [-0.15, -0.1) is 0 Å². The number of hydrogen-bond acceptors (Lipinski definition) is 6. The fourth-order valence-electron chi connectivity index (χ4n) is 3.72. The second-order valence-electron chi connectivity index (χ2n) is 8.12. The van der Waals surface area contributed by atoms with Crippen molar-refractivity contribution < 1.29 is 12.6 Å². The molecule has 1 aliphatic carbocycles. The highest BCUT2D eigenvalue weighted by Gasteiger charge is 2.41. The zero-order valence-corrected chi connectivity index (χ0v) is 18.1. The van der Waals surface area contributed by atoms with E-state index < -0.39 is 19.8 Å². The highest BCUT2D eigenvalue weighted by molar-refractivity contribution is 7.93. The Morgan fingerprint density at radius 3 is 2.54 bits per heavy atom. The van der Waals surface area contributed by atoms with Gasteiger partial charge in [0.1, 0.15) is 4.90 Å². The lowest BCUT2D eigenvalue weighted by molar-refractivity contribution is 0.556. The van der Waals surface area contributed by atoms with Crippen molar-refractivity contribution in [3.63, 3.8) is 0 Å². The van der Waals surface area contributed by atoms with Crippen LogP contribution in [-0.2, 0) is 19.8 Å². The summed E-state index contributed by atoms with van der Waals surface area (Å²) in [5.41, 5.74) is 1.20. The number of rotatable bonds is 5. The Labute approximate surface area is 166 Å². The zero-order valence-electron chi connectivity index (χ0n) is 16.5. The number of imidazole rings is 1. The van der Waals surface area contributed by atoms with Crippen LogP contribution in [-0.4, -0.2) is 59.2 Å². The van der Waals surface area contributed by atoms with Gasteiger partial charge in [0, 0.05) is 65.5 Å². The molecule has 2 aromatic rings. The number of nitrogens with one attached hydrogen (secondary N) is 1. The van der Waals surface area contributed by atoms with E-state index in [1.165, 1.54) is 0 Å². The first kappa shape index (κ1) is 19.7. The first-order valence-corrected chi connectivity index (χ1v) is 13.0. The number of pyridine rings is 1. The molecule has 0 spiro atoms. The standard InChI is InChI=1S/C18H27N5O3S2/c1-18(6-7-18)21-28(25,26)15-12-16(17-20-8-11-23(17)13-15)22-9-4-14(5-10-22)27(3,24)19-2/h8,11-14,21H,4-7,9-10H2,1-3H3. The molecule has 3 heterocycles. The van der Waals surface area contributed by atoms with Crippen LogP contribution in [0.2, 0.25) is 0 Å². The summed E-state index contributed by atoms with van der Waals surface area (Å²) in [7, 11) is -4.18. The summed E-state index contributed by atoms with van der Waals surface area (Å²) in [5, 5.41) is 0.0629. The molecule has 2 aromatic heterocycles. The first-order valence-electron chi connectivity index (χ1n) is 9.48. The Hall–Kier alpha value is -1.65. The number of nitrogens with zero attached hydrogens (tertiary/aromatic N) is 4.